The Balaban J connectivity index is 2.11. The van der Waals surface area contributed by atoms with Crippen LogP contribution in [0.1, 0.15) is 53.9 Å². The van der Waals surface area contributed by atoms with Gasteiger partial charge in [-0.3, -0.25) is 0 Å². The van der Waals surface area contributed by atoms with Crippen LogP contribution in [0.5, 0.6) is 0 Å². The first-order valence-corrected chi connectivity index (χ1v) is 7.29. The lowest BCUT2D eigenvalue weighted by Crippen LogP contribution is -2.53. The van der Waals surface area contributed by atoms with Crippen molar-refractivity contribution in [3.63, 3.8) is 0 Å². The average molecular weight is 255 g/mol. The minimum atomic E-state index is -0.679. The van der Waals surface area contributed by atoms with Gasteiger partial charge in [-0.1, -0.05) is 27.7 Å². The van der Waals surface area contributed by atoms with Crippen LogP contribution < -0.4 is 5.32 Å². The third-order valence-electron chi connectivity index (χ3n) is 6.28. The quantitative estimate of drug-likeness (QED) is 0.719. The predicted molar refractivity (Wildman–Crippen MR) is 73.3 cm³/mol. The molecule has 5 atom stereocenters. The smallest absolute Gasteiger partial charge is 0.0741 e. The van der Waals surface area contributed by atoms with E-state index in [4.69, 9.17) is 0 Å². The van der Waals surface area contributed by atoms with Crippen LogP contribution >= 0.6 is 0 Å². The van der Waals surface area contributed by atoms with Gasteiger partial charge in [-0.25, -0.2) is 0 Å². The van der Waals surface area contributed by atoms with E-state index >= 15 is 0 Å². The van der Waals surface area contributed by atoms with Gasteiger partial charge in [-0.2, -0.15) is 0 Å². The highest BCUT2D eigenvalue weighted by molar-refractivity contribution is 5.17. The van der Waals surface area contributed by atoms with Gasteiger partial charge in [0.2, 0.25) is 0 Å². The van der Waals surface area contributed by atoms with Gasteiger partial charge in [-0.15, -0.1) is 0 Å². The van der Waals surface area contributed by atoms with E-state index in [0.29, 0.717) is 12.5 Å². The lowest BCUT2D eigenvalue weighted by molar-refractivity contribution is 0.0191. The van der Waals surface area contributed by atoms with Crippen LogP contribution in [0.25, 0.3) is 0 Å². The summed E-state index contributed by atoms with van der Waals surface area (Å²) in [5.74, 6) is 0.395. The monoisotopic (exact) mass is 255 g/mol. The molecular formula is C15H29NO2. The normalized spacial score (nSPS) is 45.2. The van der Waals surface area contributed by atoms with Crippen molar-refractivity contribution in [2.45, 2.75) is 71.6 Å². The summed E-state index contributed by atoms with van der Waals surface area (Å²) in [5.41, 5.74) is -0.356. The number of nitrogens with one attached hydrogen (secondary N) is 1. The van der Waals surface area contributed by atoms with Crippen molar-refractivity contribution in [3.8, 4) is 0 Å². The molecule has 3 N–H and O–H groups in total. The van der Waals surface area contributed by atoms with Crippen molar-refractivity contribution in [1.82, 2.24) is 5.32 Å². The Hall–Kier alpha value is -0.120. The first-order chi connectivity index (χ1) is 8.16. The highest BCUT2D eigenvalue weighted by Gasteiger charge is 2.65. The number of hydrogen-bond donors (Lipinski definition) is 3. The zero-order valence-electron chi connectivity index (χ0n) is 12.5. The molecule has 2 fully saturated rings. The molecule has 3 heteroatoms. The largest absolute Gasteiger partial charge is 0.391 e. The molecule has 0 heterocycles. The van der Waals surface area contributed by atoms with Crippen LogP contribution in [-0.2, 0) is 0 Å². The molecule has 2 rings (SSSR count). The number of hydrogen-bond acceptors (Lipinski definition) is 3. The van der Waals surface area contributed by atoms with Gasteiger partial charge in [0.05, 0.1) is 11.7 Å². The zero-order chi connectivity index (χ0) is 13.8. The summed E-state index contributed by atoms with van der Waals surface area (Å²) in [6.45, 7) is 11.3. The summed E-state index contributed by atoms with van der Waals surface area (Å²) in [5, 5.41) is 24.1. The Morgan fingerprint density at radius 2 is 1.94 bits per heavy atom. The molecule has 0 aliphatic heterocycles. The molecule has 2 aliphatic rings. The van der Waals surface area contributed by atoms with Gasteiger partial charge >= 0.3 is 0 Å². The summed E-state index contributed by atoms with van der Waals surface area (Å²) in [7, 11) is 0. The molecule has 0 aromatic heterocycles. The first kappa shape index (κ1) is 14.3. The molecule has 18 heavy (non-hydrogen) atoms. The molecule has 2 aliphatic carbocycles. The number of aliphatic hydroxyl groups is 2. The molecule has 3 nitrogen and oxygen atoms in total. The summed E-state index contributed by atoms with van der Waals surface area (Å²) in [4.78, 5) is 0. The molecule has 106 valence electrons. The minimum absolute atomic E-state index is 0.115. The lowest BCUT2D eigenvalue weighted by Gasteiger charge is -2.41. The molecular weight excluding hydrogens is 226 g/mol. The maximum atomic E-state index is 10.5. The topological polar surface area (TPSA) is 52.5 Å². The van der Waals surface area contributed by atoms with Crippen molar-refractivity contribution in [2.75, 3.05) is 6.54 Å². The second-order valence-corrected chi connectivity index (χ2v) is 7.48. The Bertz CT molecular complexity index is 326. The van der Waals surface area contributed by atoms with Crippen molar-refractivity contribution in [2.24, 2.45) is 16.7 Å². The van der Waals surface area contributed by atoms with Gasteiger partial charge < -0.3 is 15.5 Å². The van der Waals surface area contributed by atoms with Crippen molar-refractivity contribution < 1.29 is 10.2 Å². The second kappa shape index (κ2) is 4.19. The minimum Gasteiger partial charge on any atom is -0.391 e. The van der Waals surface area contributed by atoms with Crippen molar-refractivity contribution >= 4 is 0 Å². The second-order valence-electron chi connectivity index (χ2n) is 7.48. The Kier molecular flexibility index (Phi) is 3.33. The summed E-state index contributed by atoms with van der Waals surface area (Å²) in [6, 6.07) is 0.115. The summed E-state index contributed by atoms with van der Waals surface area (Å²) >= 11 is 0. The van der Waals surface area contributed by atoms with Crippen molar-refractivity contribution in [3.05, 3.63) is 0 Å². The third-order valence-corrected chi connectivity index (χ3v) is 6.28. The third kappa shape index (κ3) is 1.83. The van der Waals surface area contributed by atoms with Crippen LogP contribution in [0.4, 0.5) is 0 Å². The van der Waals surface area contributed by atoms with E-state index < -0.39 is 5.60 Å². The molecule has 5 unspecified atom stereocenters. The predicted octanol–water partition coefficient (Wildman–Crippen LogP) is 1.92. The number of aliphatic hydroxyl groups excluding tert-OH is 1. The van der Waals surface area contributed by atoms with E-state index in [2.05, 4.69) is 26.1 Å². The summed E-state index contributed by atoms with van der Waals surface area (Å²) < 4.78 is 0. The molecule has 0 saturated heterocycles. The van der Waals surface area contributed by atoms with Crippen molar-refractivity contribution in [1.29, 1.82) is 0 Å². The highest BCUT2D eigenvalue weighted by atomic mass is 16.3. The van der Waals surface area contributed by atoms with Gasteiger partial charge in [0.25, 0.3) is 0 Å². The lowest BCUT2D eigenvalue weighted by atomic mass is 9.69. The zero-order valence-corrected chi connectivity index (χ0v) is 12.5. The van der Waals surface area contributed by atoms with E-state index in [1.165, 1.54) is 6.42 Å². The van der Waals surface area contributed by atoms with Crippen LogP contribution in [0.2, 0.25) is 0 Å². The van der Waals surface area contributed by atoms with E-state index in [-0.39, 0.29) is 23.0 Å². The molecule has 0 amide bonds. The van der Waals surface area contributed by atoms with E-state index in [1.807, 2.05) is 13.8 Å². The molecule has 0 spiro atoms. The Labute approximate surface area is 111 Å². The van der Waals surface area contributed by atoms with Crippen LogP contribution in [0, 0.1) is 16.7 Å². The standard InChI is InChI=1S/C15H29NO2/c1-6-14(4,18)9-16-12-11(17)10-7-8-15(12,5)13(10,2)3/h10-12,16-18H,6-9H2,1-5H3. The first-order valence-electron chi connectivity index (χ1n) is 7.29. The highest BCUT2D eigenvalue weighted by Crippen LogP contribution is 2.65. The maximum absolute atomic E-state index is 10.5. The van der Waals surface area contributed by atoms with Gasteiger partial charge in [0, 0.05) is 12.6 Å². The fourth-order valence-electron chi connectivity index (χ4n) is 4.13. The van der Waals surface area contributed by atoms with Gasteiger partial charge in [0.15, 0.2) is 0 Å². The maximum Gasteiger partial charge on any atom is 0.0741 e. The number of rotatable bonds is 4. The molecule has 0 radical (unpaired) electrons. The number of fused-ring (bicyclic) bond motifs is 2. The van der Waals surface area contributed by atoms with Crippen LogP contribution in [0.3, 0.4) is 0 Å². The van der Waals surface area contributed by atoms with Crippen LogP contribution in [-0.4, -0.2) is 34.5 Å². The fraction of sp³-hybridized carbons (Fsp3) is 1.00. The van der Waals surface area contributed by atoms with Crippen LogP contribution in [0.15, 0.2) is 0 Å². The molecule has 2 saturated carbocycles. The van der Waals surface area contributed by atoms with Gasteiger partial charge in [0.1, 0.15) is 0 Å². The fourth-order valence-corrected chi connectivity index (χ4v) is 4.13. The SMILES string of the molecule is CCC(C)(O)CNC1C(O)C2CCC1(C)C2(C)C. The molecule has 2 bridgehead atoms. The Morgan fingerprint density at radius 1 is 1.33 bits per heavy atom. The Morgan fingerprint density at radius 3 is 2.39 bits per heavy atom. The van der Waals surface area contributed by atoms with E-state index in [9.17, 15) is 10.2 Å². The molecule has 0 aromatic rings. The van der Waals surface area contributed by atoms with E-state index in [0.717, 1.165) is 12.8 Å². The van der Waals surface area contributed by atoms with Gasteiger partial charge in [-0.05, 0) is 42.9 Å². The average Bonchev–Trinajstić information content (AvgIpc) is 2.57. The summed E-state index contributed by atoms with van der Waals surface area (Å²) in [6.07, 6.45) is 2.76. The van der Waals surface area contributed by atoms with E-state index in [1.54, 1.807) is 0 Å². The molecule has 0 aromatic carbocycles.